The van der Waals surface area contributed by atoms with Crippen LogP contribution in [0.5, 0.6) is 0 Å². The summed E-state index contributed by atoms with van der Waals surface area (Å²) < 4.78 is 16.1. The van der Waals surface area contributed by atoms with Gasteiger partial charge in [0.1, 0.15) is 0 Å². The predicted octanol–water partition coefficient (Wildman–Crippen LogP) is 9.43. The van der Waals surface area contributed by atoms with Gasteiger partial charge in [-0.05, 0) is 101 Å². The first-order valence-corrected chi connectivity index (χ1v) is 18.4. The number of carbonyl (C=O) groups is 2. The van der Waals surface area contributed by atoms with E-state index in [4.69, 9.17) is 14.2 Å². The minimum Gasteiger partial charge on any atom is -0.465 e. The first kappa shape index (κ1) is 38.8. The van der Waals surface area contributed by atoms with E-state index < -0.39 is 12.6 Å². The summed E-state index contributed by atoms with van der Waals surface area (Å²) in [6.07, 6.45) is 9.85. The zero-order chi connectivity index (χ0) is 35.9. The van der Waals surface area contributed by atoms with E-state index >= 15 is 0 Å². The van der Waals surface area contributed by atoms with E-state index in [0.29, 0.717) is 18.1 Å². The third-order valence-corrected chi connectivity index (χ3v) is 10.1. The Morgan fingerprint density at radius 3 is 2.14 bits per heavy atom. The number of aryl methyl sites for hydroxylation is 2. The van der Waals surface area contributed by atoms with Crippen LogP contribution in [0.15, 0.2) is 91.0 Å². The van der Waals surface area contributed by atoms with Crippen LogP contribution >= 0.6 is 0 Å². The highest BCUT2D eigenvalue weighted by Gasteiger charge is 2.30. The molecule has 268 valence electrons. The topological polar surface area (TPSA) is 82.1 Å². The SMILES string of the molecule is C=C(COC)CC(=O)OCC(COC(=O)C(=C)CO)C1CCC(c2ccc(-c3ccc(-c4ccc(CCCCC)cc4)cc3CC)cc2)CC1. The molecule has 1 N–H and O–H groups in total. The molecule has 50 heavy (non-hydrogen) atoms. The van der Waals surface area contributed by atoms with Gasteiger partial charge in [0.25, 0.3) is 0 Å². The fraction of sp³-hybridized carbons (Fsp3) is 0.455. The van der Waals surface area contributed by atoms with Crippen molar-refractivity contribution in [2.24, 2.45) is 11.8 Å². The molecule has 0 radical (unpaired) electrons. The molecule has 1 saturated carbocycles. The molecule has 1 unspecified atom stereocenters. The Morgan fingerprint density at radius 2 is 1.50 bits per heavy atom. The average Bonchev–Trinajstić information content (AvgIpc) is 3.14. The van der Waals surface area contributed by atoms with Gasteiger partial charge in [-0.3, -0.25) is 4.79 Å². The molecule has 1 atom stereocenters. The molecular weight excluding hydrogens is 624 g/mol. The van der Waals surface area contributed by atoms with Crippen LogP contribution in [-0.2, 0) is 36.6 Å². The molecule has 0 aliphatic heterocycles. The number of methoxy groups -OCH3 is 1. The number of rotatable bonds is 19. The largest absolute Gasteiger partial charge is 0.465 e. The van der Waals surface area contributed by atoms with Gasteiger partial charge in [0.2, 0.25) is 0 Å². The summed E-state index contributed by atoms with van der Waals surface area (Å²) in [6, 6.07) is 25.0. The number of esters is 2. The lowest BCUT2D eigenvalue weighted by molar-refractivity contribution is -0.148. The van der Waals surface area contributed by atoms with Crippen molar-refractivity contribution in [2.45, 2.75) is 84.0 Å². The minimum absolute atomic E-state index is 0.00792. The molecule has 6 nitrogen and oxygen atoms in total. The first-order chi connectivity index (χ1) is 24.3. The van der Waals surface area contributed by atoms with Gasteiger partial charge < -0.3 is 19.3 Å². The van der Waals surface area contributed by atoms with E-state index in [-0.39, 0.29) is 43.0 Å². The van der Waals surface area contributed by atoms with Gasteiger partial charge in [-0.15, -0.1) is 0 Å². The molecule has 1 aliphatic carbocycles. The number of benzene rings is 3. The molecule has 3 aromatic rings. The Kier molecular flexibility index (Phi) is 15.5. The van der Waals surface area contributed by atoms with Crippen molar-refractivity contribution in [2.75, 3.05) is 33.5 Å². The number of aliphatic hydroxyl groups is 1. The van der Waals surface area contributed by atoms with Gasteiger partial charge in [-0.25, -0.2) is 4.79 Å². The van der Waals surface area contributed by atoms with Gasteiger partial charge in [0, 0.05) is 13.0 Å². The number of carbonyl (C=O) groups excluding carboxylic acids is 2. The second-order valence-electron chi connectivity index (χ2n) is 13.8. The molecule has 0 aromatic heterocycles. The van der Waals surface area contributed by atoms with Crippen LogP contribution in [0.25, 0.3) is 22.3 Å². The van der Waals surface area contributed by atoms with Crippen molar-refractivity contribution < 1.29 is 28.9 Å². The second kappa shape index (κ2) is 20.0. The van der Waals surface area contributed by atoms with E-state index in [1.165, 1.54) is 58.2 Å². The summed E-state index contributed by atoms with van der Waals surface area (Å²) in [5.74, 6) is -0.468. The van der Waals surface area contributed by atoms with Crippen molar-refractivity contribution >= 4 is 11.9 Å². The Bertz CT molecular complexity index is 1550. The maximum absolute atomic E-state index is 12.5. The van der Waals surface area contributed by atoms with Gasteiger partial charge >= 0.3 is 11.9 Å². The Balaban J connectivity index is 1.37. The van der Waals surface area contributed by atoms with E-state index in [1.54, 1.807) is 7.11 Å². The minimum atomic E-state index is -0.626. The van der Waals surface area contributed by atoms with E-state index in [1.807, 2.05) is 0 Å². The van der Waals surface area contributed by atoms with Crippen LogP contribution in [0.3, 0.4) is 0 Å². The summed E-state index contributed by atoms with van der Waals surface area (Å²) >= 11 is 0. The summed E-state index contributed by atoms with van der Waals surface area (Å²) in [6.45, 7) is 12.0. The Hall–Kier alpha value is -4.00. The predicted molar refractivity (Wildman–Crippen MR) is 202 cm³/mol. The van der Waals surface area contributed by atoms with E-state index in [2.05, 4.69) is 93.7 Å². The monoisotopic (exact) mass is 680 g/mol. The van der Waals surface area contributed by atoms with Gasteiger partial charge in [-0.1, -0.05) is 107 Å². The maximum atomic E-state index is 12.5. The van der Waals surface area contributed by atoms with Crippen molar-refractivity contribution in [3.8, 4) is 22.3 Å². The summed E-state index contributed by atoms with van der Waals surface area (Å²) in [5, 5.41) is 9.27. The van der Waals surface area contributed by atoms with Crippen molar-refractivity contribution in [3.05, 3.63) is 108 Å². The third kappa shape index (κ3) is 11.3. The summed E-state index contributed by atoms with van der Waals surface area (Å²) in [4.78, 5) is 24.7. The quantitative estimate of drug-likeness (QED) is 0.0588. The lowest BCUT2D eigenvalue weighted by Crippen LogP contribution is -2.30. The van der Waals surface area contributed by atoms with Gasteiger partial charge in [0.05, 0.1) is 38.4 Å². The zero-order valence-electron chi connectivity index (χ0n) is 30.4. The highest BCUT2D eigenvalue weighted by atomic mass is 16.5. The summed E-state index contributed by atoms with van der Waals surface area (Å²) in [5.41, 5.74) is 9.79. The normalized spacial score (nSPS) is 16.4. The molecule has 3 aromatic carbocycles. The molecule has 1 aliphatic rings. The first-order valence-electron chi connectivity index (χ1n) is 18.4. The van der Waals surface area contributed by atoms with Crippen LogP contribution in [0.1, 0.15) is 87.8 Å². The van der Waals surface area contributed by atoms with Crippen molar-refractivity contribution in [3.63, 3.8) is 0 Å². The Morgan fingerprint density at radius 1 is 0.840 bits per heavy atom. The third-order valence-electron chi connectivity index (χ3n) is 10.1. The molecular formula is C44H56O6. The second-order valence-corrected chi connectivity index (χ2v) is 13.8. The fourth-order valence-corrected chi connectivity index (χ4v) is 7.03. The smallest absolute Gasteiger partial charge is 0.335 e. The molecule has 4 rings (SSSR count). The number of hydrogen-bond donors (Lipinski definition) is 1. The van der Waals surface area contributed by atoms with Crippen LogP contribution in [0, 0.1) is 11.8 Å². The molecule has 0 heterocycles. The zero-order valence-corrected chi connectivity index (χ0v) is 30.4. The van der Waals surface area contributed by atoms with Crippen LogP contribution in [-0.4, -0.2) is 50.6 Å². The molecule has 0 spiro atoms. The lowest BCUT2D eigenvalue weighted by atomic mass is 9.74. The maximum Gasteiger partial charge on any atom is 0.335 e. The van der Waals surface area contributed by atoms with E-state index in [9.17, 15) is 14.7 Å². The lowest BCUT2D eigenvalue weighted by Gasteiger charge is -2.33. The van der Waals surface area contributed by atoms with E-state index in [0.717, 1.165) is 38.5 Å². The number of ether oxygens (including phenoxy) is 3. The molecule has 0 amide bonds. The van der Waals surface area contributed by atoms with Crippen LogP contribution < -0.4 is 0 Å². The fourth-order valence-electron chi connectivity index (χ4n) is 7.03. The summed E-state index contributed by atoms with van der Waals surface area (Å²) in [7, 11) is 1.56. The Labute approximate surface area is 299 Å². The number of aliphatic hydroxyl groups excluding tert-OH is 1. The van der Waals surface area contributed by atoms with Crippen LogP contribution in [0.4, 0.5) is 0 Å². The van der Waals surface area contributed by atoms with Crippen molar-refractivity contribution in [1.29, 1.82) is 0 Å². The number of unbranched alkanes of at least 4 members (excludes halogenated alkanes) is 2. The standard InChI is InChI=1S/C44H56O6/c1-6-8-9-10-33-11-13-37(14-12-33)40-23-24-42(34(7-2)26-40)39-21-19-36(20-22-39)35-15-17-38(18-16-35)41(30-50-44(47)32(4)27-45)29-49-43(46)25-31(3)28-48-5/h11-14,19-24,26,35,38,41,45H,3-4,6-10,15-18,25,27-30H2,1-2,5H3. The molecule has 0 bridgehead atoms. The highest BCUT2D eigenvalue weighted by Crippen LogP contribution is 2.40. The van der Waals surface area contributed by atoms with Crippen molar-refractivity contribution in [1.82, 2.24) is 0 Å². The molecule has 0 saturated heterocycles. The highest BCUT2D eigenvalue weighted by molar-refractivity contribution is 5.87. The van der Waals surface area contributed by atoms with Gasteiger partial charge in [-0.2, -0.15) is 0 Å². The molecule has 6 heteroatoms. The van der Waals surface area contributed by atoms with Gasteiger partial charge in [0.15, 0.2) is 0 Å². The average molecular weight is 681 g/mol. The molecule has 1 fully saturated rings. The number of hydrogen-bond acceptors (Lipinski definition) is 6. The van der Waals surface area contributed by atoms with Crippen LogP contribution in [0.2, 0.25) is 0 Å².